The summed E-state index contributed by atoms with van der Waals surface area (Å²) in [7, 11) is 3.46. The molecular formula is C14H20O2. The summed E-state index contributed by atoms with van der Waals surface area (Å²) in [5, 5.41) is 0. The number of hydrogen-bond acceptors (Lipinski definition) is 2. The summed E-state index contributed by atoms with van der Waals surface area (Å²) in [5.41, 5.74) is 2.83. The highest BCUT2D eigenvalue weighted by atomic mass is 16.5. The molecule has 0 spiro atoms. The van der Waals surface area contributed by atoms with Gasteiger partial charge < -0.3 is 9.47 Å². The van der Waals surface area contributed by atoms with Crippen LogP contribution in [0.1, 0.15) is 43.2 Å². The number of aryl methyl sites for hydroxylation is 1. The standard InChI is InChI=1S/C14H20O2/c1-4-10-6-5-7-11-8-12(15-2)9-13(16-3)14(10)11/h8-10H,4-7H2,1-3H3/t10-/m1/s1. The molecule has 2 rings (SSSR count). The molecular weight excluding hydrogens is 200 g/mol. The monoisotopic (exact) mass is 220 g/mol. The molecule has 0 heterocycles. The number of benzene rings is 1. The van der Waals surface area contributed by atoms with Gasteiger partial charge in [-0.1, -0.05) is 6.92 Å². The summed E-state index contributed by atoms with van der Waals surface area (Å²) in [5.74, 6) is 2.57. The zero-order valence-electron chi connectivity index (χ0n) is 10.4. The minimum Gasteiger partial charge on any atom is -0.497 e. The third-order valence-corrected chi connectivity index (χ3v) is 3.56. The highest BCUT2D eigenvalue weighted by Crippen LogP contribution is 2.41. The van der Waals surface area contributed by atoms with Crippen molar-refractivity contribution in [1.29, 1.82) is 0 Å². The van der Waals surface area contributed by atoms with Crippen LogP contribution in [0.2, 0.25) is 0 Å². The normalized spacial score (nSPS) is 19.1. The number of rotatable bonds is 3. The molecule has 1 aromatic rings. The van der Waals surface area contributed by atoms with Crippen molar-refractivity contribution >= 4 is 0 Å². The first-order valence-electron chi connectivity index (χ1n) is 6.05. The molecule has 88 valence electrons. The molecule has 0 saturated carbocycles. The summed E-state index contributed by atoms with van der Waals surface area (Å²) < 4.78 is 10.8. The highest BCUT2D eigenvalue weighted by Gasteiger charge is 2.23. The molecule has 0 bridgehead atoms. The van der Waals surface area contributed by atoms with Crippen molar-refractivity contribution in [2.24, 2.45) is 0 Å². The van der Waals surface area contributed by atoms with E-state index >= 15 is 0 Å². The van der Waals surface area contributed by atoms with Gasteiger partial charge in [0.05, 0.1) is 14.2 Å². The fraction of sp³-hybridized carbons (Fsp3) is 0.571. The van der Waals surface area contributed by atoms with Gasteiger partial charge >= 0.3 is 0 Å². The van der Waals surface area contributed by atoms with Crippen LogP contribution in [0.5, 0.6) is 11.5 Å². The third kappa shape index (κ3) is 1.89. The average molecular weight is 220 g/mol. The van der Waals surface area contributed by atoms with Crippen LogP contribution < -0.4 is 9.47 Å². The zero-order valence-corrected chi connectivity index (χ0v) is 10.4. The van der Waals surface area contributed by atoms with Crippen LogP contribution >= 0.6 is 0 Å². The molecule has 1 aromatic carbocycles. The maximum Gasteiger partial charge on any atom is 0.126 e. The minimum absolute atomic E-state index is 0.657. The summed E-state index contributed by atoms with van der Waals surface area (Å²) in [6.45, 7) is 2.25. The van der Waals surface area contributed by atoms with E-state index in [9.17, 15) is 0 Å². The summed E-state index contributed by atoms with van der Waals surface area (Å²) >= 11 is 0. The lowest BCUT2D eigenvalue weighted by Crippen LogP contribution is -2.11. The number of ether oxygens (including phenoxy) is 2. The SMILES string of the molecule is CC[C@@H]1CCCc2cc(OC)cc(OC)c21. The number of methoxy groups -OCH3 is 2. The van der Waals surface area contributed by atoms with Gasteiger partial charge in [0.15, 0.2) is 0 Å². The van der Waals surface area contributed by atoms with Crippen LogP contribution in [0.25, 0.3) is 0 Å². The maximum atomic E-state index is 5.51. The van der Waals surface area contributed by atoms with Gasteiger partial charge in [-0.2, -0.15) is 0 Å². The van der Waals surface area contributed by atoms with E-state index in [0.717, 1.165) is 17.9 Å². The molecule has 16 heavy (non-hydrogen) atoms. The Kier molecular flexibility index (Phi) is 3.37. The van der Waals surface area contributed by atoms with Gasteiger partial charge in [-0.25, -0.2) is 0 Å². The zero-order chi connectivity index (χ0) is 11.5. The Labute approximate surface area is 97.6 Å². The largest absolute Gasteiger partial charge is 0.497 e. The summed E-state index contributed by atoms with van der Waals surface area (Å²) in [6, 6.07) is 4.17. The Hall–Kier alpha value is -1.18. The van der Waals surface area contributed by atoms with E-state index in [4.69, 9.17) is 9.47 Å². The second-order valence-electron chi connectivity index (χ2n) is 4.40. The van der Waals surface area contributed by atoms with E-state index in [1.807, 2.05) is 6.07 Å². The molecule has 0 aromatic heterocycles. The van der Waals surface area contributed by atoms with Crippen LogP contribution in [0, 0.1) is 0 Å². The van der Waals surface area contributed by atoms with Crippen molar-refractivity contribution in [2.45, 2.75) is 38.5 Å². The van der Waals surface area contributed by atoms with E-state index < -0.39 is 0 Å². The van der Waals surface area contributed by atoms with Crippen molar-refractivity contribution in [3.8, 4) is 11.5 Å². The molecule has 1 aliphatic rings. The maximum absolute atomic E-state index is 5.51. The highest BCUT2D eigenvalue weighted by molar-refractivity contribution is 5.49. The van der Waals surface area contributed by atoms with E-state index in [1.54, 1.807) is 14.2 Å². The Morgan fingerprint density at radius 2 is 2.06 bits per heavy atom. The fourth-order valence-corrected chi connectivity index (χ4v) is 2.70. The second-order valence-corrected chi connectivity index (χ2v) is 4.40. The number of fused-ring (bicyclic) bond motifs is 1. The van der Waals surface area contributed by atoms with Crippen molar-refractivity contribution in [3.63, 3.8) is 0 Å². The topological polar surface area (TPSA) is 18.5 Å². The lowest BCUT2D eigenvalue weighted by atomic mass is 9.81. The van der Waals surface area contributed by atoms with Gasteiger partial charge in [-0.15, -0.1) is 0 Å². The Bertz CT molecular complexity index is 354. The van der Waals surface area contributed by atoms with Crippen molar-refractivity contribution in [3.05, 3.63) is 23.3 Å². The van der Waals surface area contributed by atoms with Crippen LogP contribution in [0.4, 0.5) is 0 Å². The van der Waals surface area contributed by atoms with Gasteiger partial charge in [-0.05, 0) is 43.2 Å². The third-order valence-electron chi connectivity index (χ3n) is 3.56. The smallest absolute Gasteiger partial charge is 0.126 e. The predicted molar refractivity (Wildman–Crippen MR) is 65.5 cm³/mol. The van der Waals surface area contributed by atoms with E-state index in [1.165, 1.54) is 30.4 Å². The molecule has 0 fully saturated rings. The molecule has 0 unspecified atom stereocenters. The molecule has 2 heteroatoms. The van der Waals surface area contributed by atoms with Crippen molar-refractivity contribution < 1.29 is 9.47 Å². The minimum atomic E-state index is 0.657. The molecule has 2 nitrogen and oxygen atoms in total. The molecule has 0 radical (unpaired) electrons. The molecule has 0 saturated heterocycles. The average Bonchev–Trinajstić information content (AvgIpc) is 2.36. The van der Waals surface area contributed by atoms with Crippen LogP contribution in [0.15, 0.2) is 12.1 Å². The molecule has 0 amide bonds. The van der Waals surface area contributed by atoms with E-state index in [2.05, 4.69) is 13.0 Å². The summed E-state index contributed by atoms with van der Waals surface area (Å²) in [6.07, 6.45) is 4.91. The van der Waals surface area contributed by atoms with Gasteiger partial charge in [0.2, 0.25) is 0 Å². The van der Waals surface area contributed by atoms with E-state index in [-0.39, 0.29) is 0 Å². The van der Waals surface area contributed by atoms with Gasteiger partial charge in [0.25, 0.3) is 0 Å². The fourth-order valence-electron chi connectivity index (χ4n) is 2.70. The lowest BCUT2D eigenvalue weighted by molar-refractivity contribution is 0.380. The van der Waals surface area contributed by atoms with Crippen molar-refractivity contribution in [1.82, 2.24) is 0 Å². The molecule has 1 aliphatic carbocycles. The van der Waals surface area contributed by atoms with Gasteiger partial charge in [0, 0.05) is 11.6 Å². The van der Waals surface area contributed by atoms with Gasteiger partial charge in [-0.3, -0.25) is 0 Å². The second kappa shape index (κ2) is 4.77. The Morgan fingerprint density at radius 3 is 2.69 bits per heavy atom. The Morgan fingerprint density at radius 1 is 1.25 bits per heavy atom. The quantitative estimate of drug-likeness (QED) is 0.775. The number of hydrogen-bond donors (Lipinski definition) is 0. The van der Waals surface area contributed by atoms with Crippen molar-refractivity contribution in [2.75, 3.05) is 14.2 Å². The van der Waals surface area contributed by atoms with E-state index in [0.29, 0.717) is 5.92 Å². The summed E-state index contributed by atoms with van der Waals surface area (Å²) in [4.78, 5) is 0. The molecule has 1 atom stereocenters. The molecule has 0 N–H and O–H groups in total. The van der Waals surface area contributed by atoms with Crippen LogP contribution in [-0.4, -0.2) is 14.2 Å². The van der Waals surface area contributed by atoms with Gasteiger partial charge in [0.1, 0.15) is 11.5 Å². The lowest BCUT2D eigenvalue weighted by Gasteiger charge is -2.27. The Balaban J connectivity index is 2.50. The first kappa shape index (κ1) is 11.3. The molecule has 0 aliphatic heterocycles. The first-order chi connectivity index (χ1) is 7.80. The first-order valence-corrected chi connectivity index (χ1v) is 6.05. The van der Waals surface area contributed by atoms with Crippen LogP contribution in [-0.2, 0) is 6.42 Å². The van der Waals surface area contributed by atoms with Crippen LogP contribution in [0.3, 0.4) is 0 Å². The predicted octanol–water partition coefficient (Wildman–Crippen LogP) is 3.53.